The van der Waals surface area contributed by atoms with Gasteiger partial charge in [0.25, 0.3) is 0 Å². The van der Waals surface area contributed by atoms with Crippen LogP contribution in [0.5, 0.6) is 0 Å². The molecule has 0 aliphatic heterocycles. The fraction of sp³-hybridized carbons (Fsp3) is 0.933. The molecule has 0 spiro atoms. The minimum atomic E-state index is -0.125. The average molecular weight is 429 g/mol. The molecule has 7 unspecified atom stereocenters. The van der Waals surface area contributed by atoms with E-state index in [1.807, 2.05) is 11.1 Å². The molecule has 0 radical (unpaired) electrons. The Morgan fingerprint density at radius 1 is 0.839 bits per heavy atom. The number of allylic oxidation sites excluding steroid dienone is 2. The Morgan fingerprint density at radius 2 is 1.55 bits per heavy atom. The topological polar surface area (TPSA) is 20.2 Å². The van der Waals surface area contributed by atoms with Gasteiger partial charge in [-0.25, -0.2) is 0 Å². The molecule has 2 fully saturated rings. The van der Waals surface area contributed by atoms with Crippen LogP contribution in [0.4, 0.5) is 0 Å². The minimum absolute atomic E-state index is 0.0519. The van der Waals surface area contributed by atoms with Gasteiger partial charge in [0.15, 0.2) is 0 Å². The third kappa shape index (κ3) is 3.41. The SMILES string of the molecule is CC(C)CCCC(C)C1CCC2(C)C3=C(CCC12C)C1(C)CCC(O)C(C)(C)C1CC3. The number of aliphatic hydroxyl groups excluding tert-OH is 1. The lowest BCUT2D eigenvalue weighted by Crippen LogP contribution is -2.55. The zero-order chi connectivity index (χ0) is 22.8. The summed E-state index contributed by atoms with van der Waals surface area (Å²) in [6.45, 7) is 20.0. The van der Waals surface area contributed by atoms with Crippen molar-refractivity contribution in [2.24, 2.45) is 45.3 Å². The summed E-state index contributed by atoms with van der Waals surface area (Å²) in [5, 5.41) is 10.8. The second-order valence-electron chi connectivity index (χ2n) is 14.0. The quantitative estimate of drug-likeness (QED) is 0.435. The molecular weight excluding hydrogens is 376 g/mol. The molecule has 0 heterocycles. The smallest absolute Gasteiger partial charge is 0.0594 e. The summed E-state index contributed by atoms with van der Waals surface area (Å²) in [5.74, 6) is 3.24. The molecular formula is C30H52O. The number of hydrogen-bond acceptors (Lipinski definition) is 1. The van der Waals surface area contributed by atoms with E-state index in [9.17, 15) is 5.11 Å². The van der Waals surface area contributed by atoms with Crippen molar-refractivity contribution in [1.82, 2.24) is 0 Å². The highest BCUT2D eigenvalue weighted by Crippen LogP contribution is 2.72. The maximum absolute atomic E-state index is 10.8. The molecule has 178 valence electrons. The van der Waals surface area contributed by atoms with E-state index >= 15 is 0 Å². The first-order chi connectivity index (χ1) is 14.4. The van der Waals surface area contributed by atoms with Gasteiger partial charge < -0.3 is 5.11 Å². The second kappa shape index (κ2) is 7.89. The third-order valence-corrected chi connectivity index (χ3v) is 11.9. The van der Waals surface area contributed by atoms with Crippen molar-refractivity contribution in [2.75, 3.05) is 0 Å². The van der Waals surface area contributed by atoms with Crippen LogP contribution in [0, 0.1) is 45.3 Å². The zero-order valence-corrected chi connectivity index (χ0v) is 22.1. The molecule has 4 aliphatic rings. The fourth-order valence-electron chi connectivity index (χ4n) is 9.68. The summed E-state index contributed by atoms with van der Waals surface area (Å²) in [6, 6.07) is 0. The van der Waals surface area contributed by atoms with Crippen LogP contribution in [0.1, 0.15) is 126 Å². The standard InChI is InChI=1S/C30H52O/c1-20(2)10-9-11-21(3)22-14-18-30(8)24-12-13-25-27(4,5)26(31)16-17-28(25,6)23(24)15-19-29(22,30)7/h20-22,25-26,31H,9-19H2,1-8H3. The molecule has 31 heavy (non-hydrogen) atoms. The zero-order valence-electron chi connectivity index (χ0n) is 22.1. The molecule has 4 rings (SSSR count). The van der Waals surface area contributed by atoms with Gasteiger partial charge >= 0.3 is 0 Å². The summed E-state index contributed by atoms with van der Waals surface area (Å²) in [4.78, 5) is 0. The van der Waals surface area contributed by atoms with Crippen molar-refractivity contribution in [3.8, 4) is 0 Å². The maximum Gasteiger partial charge on any atom is 0.0594 e. The molecule has 1 nitrogen and oxygen atoms in total. The van der Waals surface area contributed by atoms with E-state index in [4.69, 9.17) is 0 Å². The van der Waals surface area contributed by atoms with Crippen LogP contribution in [-0.4, -0.2) is 11.2 Å². The molecule has 7 atom stereocenters. The fourth-order valence-corrected chi connectivity index (χ4v) is 9.68. The lowest BCUT2D eigenvalue weighted by atomic mass is 9.43. The number of fused-ring (bicyclic) bond motifs is 4. The first-order valence-electron chi connectivity index (χ1n) is 13.8. The Hall–Kier alpha value is -0.300. The van der Waals surface area contributed by atoms with Crippen LogP contribution >= 0.6 is 0 Å². The number of rotatable bonds is 5. The molecule has 0 aromatic heterocycles. The highest BCUT2D eigenvalue weighted by Gasteiger charge is 2.63. The Labute approximate surface area is 193 Å². The van der Waals surface area contributed by atoms with Crippen molar-refractivity contribution in [1.29, 1.82) is 0 Å². The van der Waals surface area contributed by atoms with Crippen LogP contribution in [0.15, 0.2) is 11.1 Å². The summed E-state index contributed by atoms with van der Waals surface area (Å²) in [5.41, 5.74) is 5.01. The van der Waals surface area contributed by atoms with Gasteiger partial charge in [-0.2, -0.15) is 0 Å². The van der Waals surface area contributed by atoms with Gasteiger partial charge in [0, 0.05) is 0 Å². The van der Waals surface area contributed by atoms with Crippen LogP contribution in [0.25, 0.3) is 0 Å². The Kier molecular flexibility index (Phi) is 6.07. The predicted molar refractivity (Wildman–Crippen MR) is 133 cm³/mol. The number of hydrogen-bond donors (Lipinski definition) is 1. The summed E-state index contributed by atoms with van der Waals surface area (Å²) >= 11 is 0. The molecule has 0 aromatic carbocycles. The van der Waals surface area contributed by atoms with Crippen molar-refractivity contribution in [3.63, 3.8) is 0 Å². The van der Waals surface area contributed by atoms with Crippen molar-refractivity contribution in [3.05, 3.63) is 11.1 Å². The first kappa shape index (κ1) is 23.8. The van der Waals surface area contributed by atoms with Crippen LogP contribution in [-0.2, 0) is 0 Å². The minimum Gasteiger partial charge on any atom is -0.393 e. The summed E-state index contributed by atoms with van der Waals surface area (Å²) in [7, 11) is 0. The first-order valence-corrected chi connectivity index (χ1v) is 13.8. The highest BCUT2D eigenvalue weighted by atomic mass is 16.3. The van der Waals surface area contributed by atoms with Gasteiger partial charge in [-0.3, -0.25) is 0 Å². The molecule has 0 amide bonds. The van der Waals surface area contributed by atoms with Crippen molar-refractivity contribution >= 4 is 0 Å². The highest BCUT2D eigenvalue weighted by molar-refractivity contribution is 5.38. The van der Waals surface area contributed by atoms with Crippen molar-refractivity contribution < 1.29 is 5.11 Å². The summed E-state index contributed by atoms with van der Waals surface area (Å²) in [6.07, 6.45) is 14.4. The summed E-state index contributed by atoms with van der Waals surface area (Å²) < 4.78 is 0. The average Bonchev–Trinajstić information content (AvgIpc) is 2.96. The predicted octanol–water partition coefficient (Wildman–Crippen LogP) is 8.56. The van der Waals surface area contributed by atoms with E-state index in [0.29, 0.717) is 22.2 Å². The Balaban J connectivity index is 1.63. The monoisotopic (exact) mass is 428 g/mol. The molecule has 4 aliphatic carbocycles. The van der Waals surface area contributed by atoms with Gasteiger partial charge in [0.2, 0.25) is 0 Å². The van der Waals surface area contributed by atoms with E-state index in [0.717, 1.165) is 24.2 Å². The van der Waals surface area contributed by atoms with E-state index in [-0.39, 0.29) is 11.5 Å². The Bertz CT molecular complexity index is 716. The van der Waals surface area contributed by atoms with E-state index in [2.05, 4.69) is 55.4 Å². The van der Waals surface area contributed by atoms with Gasteiger partial charge in [0.1, 0.15) is 0 Å². The number of aliphatic hydroxyl groups is 1. The van der Waals surface area contributed by atoms with E-state index in [1.54, 1.807) is 0 Å². The van der Waals surface area contributed by atoms with E-state index in [1.165, 1.54) is 64.2 Å². The van der Waals surface area contributed by atoms with Crippen LogP contribution < -0.4 is 0 Å². The largest absolute Gasteiger partial charge is 0.393 e. The van der Waals surface area contributed by atoms with Gasteiger partial charge in [-0.05, 0) is 96.7 Å². The lowest BCUT2D eigenvalue weighted by Gasteiger charge is -2.62. The Morgan fingerprint density at radius 3 is 2.23 bits per heavy atom. The molecule has 1 N–H and O–H groups in total. The third-order valence-electron chi connectivity index (χ3n) is 11.9. The van der Waals surface area contributed by atoms with Crippen LogP contribution in [0.3, 0.4) is 0 Å². The molecule has 0 saturated heterocycles. The maximum atomic E-state index is 10.8. The molecule has 1 heteroatoms. The molecule has 0 aromatic rings. The van der Waals surface area contributed by atoms with Gasteiger partial charge in [-0.15, -0.1) is 0 Å². The van der Waals surface area contributed by atoms with Crippen LogP contribution in [0.2, 0.25) is 0 Å². The van der Waals surface area contributed by atoms with Crippen molar-refractivity contribution in [2.45, 2.75) is 132 Å². The lowest BCUT2D eigenvalue weighted by molar-refractivity contribution is -0.0962. The van der Waals surface area contributed by atoms with Gasteiger partial charge in [-0.1, -0.05) is 85.8 Å². The van der Waals surface area contributed by atoms with E-state index < -0.39 is 0 Å². The normalized spacial score (nSPS) is 45.3. The van der Waals surface area contributed by atoms with Gasteiger partial charge in [0.05, 0.1) is 6.10 Å². The second-order valence-corrected chi connectivity index (χ2v) is 14.0. The molecule has 0 bridgehead atoms. The molecule has 2 saturated carbocycles.